The van der Waals surface area contributed by atoms with Gasteiger partial charge in [0.15, 0.2) is 0 Å². The molecule has 0 radical (unpaired) electrons. The highest BCUT2D eigenvalue weighted by molar-refractivity contribution is 5.32. The Hall–Kier alpha value is -0.820. The molecule has 0 atom stereocenters. The highest BCUT2D eigenvalue weighted by Gasteiger charge is 2.07. The molecular formula is C20H35N. The summed E-state index contributed by atoms with van der Waals surface area (Å²) in [6, 6.07) is 7.06. The summed E-state index contributed by atoms with van der Waals surface area (Å²) in [4.78, 5) is 0. The van der Waals surface area contributed by atoms with Gasteiger partial charge >= 0.3 is 0 Å². The number of nitrogens with one attached hydrogen (secondary N) is 1. The molecule has 1 nitrogen and oxygen atoms in total. The van der Waals surface area contributed by atoms with E-state index >= 15 is 0 Å². The molecular weight excluding hydrogens is 254 g/mol. The summed E-state index contributed by atoms with van der Waals surface area (Å²) in [5.41, 5.74) is 4.87. The van der Waals surface area contributed by atoms with E-state index in [1.807, 2.05) is 0 Å². The van der Waals surface area contributed by atoms with Crippen molar-refractivity contribution in [3.8, 4) is 0 Å². The lowest BCUT2D eigenvalue weighted by molar-refractivity contribution is 0.416. The molecule has 0 aromatic heterocycles. The van der Waals surface area contributed by atoms with Crippen LogP contribution in [0.15, 0.2) is 18.2 Å². The third-order valence-corrected chi connectivity index (χ3v) is 4.09. The summed E-state index contributed by atoms with van der Waals surface area (Å²) in [6.07, 6.45) is 8.89. The van der Waals surface area contributed by atoms with Crippen molar-refractivity contribution in [3.63, 3.8) is 0 Å². The third-order valence-electron chi connectivity index (χ3n) is 4.09. The number of rotatable bonds is 9. The zero-order valence-corrected chi connectivity index (χ0v) is 14.9. The fraction of sp³-hybridized carbons (Fsp3) is 0.700. The van der Waals surface area contributed by atoms with Crippen LogP contribution in [0, 0.1) is 0 Å². The molecule has 0 amide bonds. The Kier molecular flexibility index (Phi) is 8.03. The first-order chi connectivity index (χ1) is 9.96. The first kappa shape index (κ1) is 18.2. The second-order valence-electron chi connectivity index (χ2n) is 7.15. The average molecular weight is 290 g/mol. The van der Waals surface area contributed by atoms with Gasteiger partial charge in [-0.2, -0.15) is 0 Å². The minimum atomic E-state index is 0.261. The van der Waals surface area contributed by atoms with Crippen LogP contribution in [0.4, 0.5) is 0 Å². The molecule has 1 rings (SSSR count). The summed E-state index contributed by atoms with van der Waals surface area (Å²) in [5, 5.41) is 3.56. The molecule has 0 saturated carbocycles. The molecule has 0 unspecified atom stereocenters. The van der Waals surface area contributed by atoms with Crippen molar-refractivity contribution in [1.29, 1.82) is 0 Å². The molecule has 1 aromatic carbocycles. The van der Waals surface area contributed by atoms with E-state index in [1.165, 1.54) is 37.7 Å². The van der Waals surface area contributed by atoms with Crippen LogP contribution in [0.1, 0.15) is 77.0 Å². The Morgan fingerprint density at radius 3 is 2.19 bits per heavy atom. The predicted octanol–water partition coefficient (Wildman–Crippen LogP) is 5.30. The van der Waals surface area contributed by atoms with Crippen molar-refractivity contribution < 1.29 is 0 Å². The van der Waals surface area contributed by atoms with Crippen molar-refractivity contribution in [2.45, 2.75) is 85.1 Å². The molecule has 0 aliphatic heterocycles. The van der Waals surface area contributed by atoms with E-state index in [4.69, 9.17) is 0 Å². The molecule has 1 aromatic rings. The van der Waals surface area contributed by atoms with Gasteiger partial charge in [0.1, 0.15) is 0 Å². The van der Waals surface area contributed by atoms with Gasteiger partial charge in [-0.25, -0.2) is 0 Å². The zero-order valence-electron chi connectivity index (χ0n) is 14.9. The molecule has 1 N–H and O–H groups in total. The molecule has 21 heavy (non-hydrogen) atoms. The van der Waals surface area contributed by atoms with E-state index in [0.717, 1.165) is 19.4 Å². The zero-order chi connectivity index (χ0) is 15.7. The topological polar surface area (TPSA) is 12.0 Å². The lowest BCUT2D eigenvalue weighted by Gasteiger charge is -2.20. The smallest absolute Gasteiger partial charge is 0.00965 e. The highest BCUT2D eigenvalue weighted by Crippen LogP contribution is 2.17. The summed E-state index contributed by atoms with van der Waals surface area (Å²) in [5.74, 6) is 0. The van der Waals surface area contributed by atoms with Gasteiger partial charge in [0, 0.05) is 5.54 Å². The SMILES string of the molecule is CCc1ccc(CC)c(CCCCCCNC(C)(C)C)c1. The van der Waals surface area contributed by atoms with Gasteiger partial charge in [0.2, 0.25) is 0 Å². The summed E-state index contributed by atoms with van der Waals surface area (Å²) >= 11 is 0. The van der Waals surface area contributed by atoms with E-state index in [2.05, 4.69) is 58.1 Å². The number of aryl methyl sites for hydroxylation is 3. The van der Waals surface area contributed by atoms with Gasteiger partial charge in [0.05, 0.1) is 0 Å². The largest absolute Gasteiger partial charge is 0.312 e. The minimum Gasteiger partial charge on any atom is -0.312 e. The van der Waals surface area contributed by atoms with Crippen molar-refractivity contribution in [3.05, 3.63) is 34.9 Å². The fourth-order valence-electron chi connectivity index (χ4n) is 2.73. The first-order valence-corrected chi connectivity index (χ1v) is 8.82. The predicted molar refractivity (Wildman–Crippen MR) is 95.1 cm³/mol. The third kappa shape index (κ3) is 7.66. The van der Waals surface area contributed by atoms with E-state index in [9.17, 15) is 0 Å². The molecule has 0 aliphatic carbocycles. The van der Waals surface area contributed by atoms with Crippen LogP contribution in [-0.2, 0) is 19.3 Å². The van der Waals surface area contributed by atoms with E-state index in [1.54, 1.807) is 11.1 Å². The molecule has 0 spiro atoms. The van der Waals surface area contributed by atoms with Crippen LogP contribution in [0.25, 0.3) is 0 Å². The van der Waals surface area contributed by atoms with Crippen LogP contribution in [-0.4, -0.2) is 12.1 Å². The maximum Gasteiger partial charge on any atom is 0.00965 e. The van der Waals surface area contributed by atoms with Gasteiger partial charge in [0.25, 0.3) is 0 Å². The van der Waals surface area contributed by atoms with E-state index < -0.39 is 0 Å². The average Bonchev–Trinajstić information content (AvgIpc) is 2.44. The molecule has 0 aliphatic rings. The lowest BCUT2D eigenvalue weighted by Crippen LogP contribution is -2.36. The minimum absolute atomic E-state index is 0.261. The van der Waals surface area contributed by atoms with Crippen molar-refractivity contribution in [2.24, 2.45) is 0 Å². The van der Waals surface area contributed by atoms with E-state index in [0.29, 0.717) is 0 Å². The molecule has 120 valence electrons. The van der Waals surface area contributed by atoms with Crippen molar-refractivity contribution >= 4 is 0 Å². The molecule has 0 fully saturated rings. The Balaban J connectivity index is 2.26. The maximum absolute atomic E-state index is 3.56. The monoisotopic (exact) mass is 289 g/mol. The van der Waals surface area contributed by atoms with Crippen molar-refractivity contribution in [1.82, 2.24) is 5.32 Å². The summed E-state index contributed by atoms with van der Waals surface area (Å²) in [7, 11) is 0. The molecule has 1 heteroatoms. The van der Waals surface area contributed by atoms with Gasteiger partial charge in [-0.15, -0.1) is 0 Å². The lowest BCUT2D eigenvalue weighted by atomic mass is 9.96. The number of benzene rings is 1. The Labute approximate surface area is 132 Å². The fourth-order valence-corrected chi connectivity index (χ4v) is 2.73. The standard InChI is InChI=1S/C20H35N/c1-6-17-13-14-18(7-2)19(16-17)12-10-8-9-11-15-21-20(3,4)5/h13-14,16,21H,6-12,15H2,1-5H3. The Bertz CT molecular complexity index is 401. The highest BCUT2D eigenvalue weighted by atomic mass is 14.9. The van der Waals surface area contributed by atoms with E-state index in [-0.39, 0.29) is 5.54 Å². The normalized spacial score (nSPS) is 11.9. The van der Waals surface area contributed by atoms with Crippen molar-refractivity contribution in [2.75, 3.05) is 6.54 Å². The van der Waals surface area contributed by atoms with Gasteiger partial charge < -0.3 is 5.32 Å². The molecule has 0 saturated heterocycles. The van der Waals surface area contributed by atoms with Crippen LogP contribution < -0.4 is 5.32 Å². The quantitative estimate of drug-likeness (QED) is 0.608. The number of unbranched alkanes of at least 4 members (excludes halogenated alkanes) is 3. The number of hydrogen-bond acceptors (Lipinski definition) is 1. The first-order valence-electron chi connectivity index (χ1n) is 8.82. The summed E-state index contributed by atoms with van der Waals surface area (Å²) < 4.78 is 0. The maximum atomic E-state index is 3.56. The Morgan fingerprint density at radius 2 is 1.57 bits per heavy atom. The van der Waals surface area contributed by atoms with Crippen LogP contribution in [0.3, 0.4) is 0 Å². The summed E-state index contributed by atoms with van der Waals surface area (Å²) in [6.45, 7) is 12.4. The van der Waals surface area contributed by atoms with Crippen LogP contribution in [0.2, 0.25) is 0 Å². The Morgan fingerprint density at radius 1 is 0.857 bits per heavy atom. The van der Waals surface area contributed by atoms with Gasteiger partial charge in [-0.3, -0.25) is 0 Å². The second kappa shape index (κ2) is 9.25. The number of hydrogen-bond donors (Lipinski definition) is 1. The van der Waals surface area contributed by atoms with Gasteiger partial charge in [-0.1, -0.05) is 44.9 Å². The molecule has 0 bridgehead atoms. The second-order valence-corrected chi connectivity index (χ2v) is 7.15. The van der Waals surface area contributed by atoms with Gasteiger partial charge in [-0.05, 0) is 76.1 Å². The molecule has 0 heterocycles. The van der Waals surface area contributed by atoms with Crippen LogP contribution >= 0.6 is 0 Å². The van der Waals surface area contributed by atoms with Crippen LogP contribution in [0.5, 0.6) is 0 Å².